The van der Waals surface area contributed by atoms with Gasteiger partial charge >= 0.3 is 0 Å². The van der Waals surface area contributed by atoms with Crippen LogP contribution in [0.2, 0.25) is 0 Å². The fourth-order valence-electron chi connectivity index (χ4n) is 5.23. The number of rotatable bonds is 5. The number of aryl methyl sites for hydroxylation is 2. The molecule has 0 spiro atoms. The molecular weight excluding hydrogens is 334 g/mol. The van der Waals surface area contributed by atoms with E-state index in [-0.39, 0.29) is 0 Å². The summed E-state index contributed by atoms with van der Waals surface area (Å²) in [7, 11) is 0. The molecule has 0 aliphatic carbocycles. The minimum atomic E-state index is 0.774. The highest BCUT2D eigenvalue weighted by atomic mass is 15.3. The largest absolute Gasteiger partial charge is 0.356 e. The third-order valence-electron chi connectivity index (χ3n) is 6.88. The van der Waals surface area contributed by atoms with Crippen molar-refractivity contribution in [2.45, 2.75) is 83.8 Å². The van der Waals surface area contributed by atoms with Crippen molar-refractivity contribution in [3.8, 4) is 0 Å². The summed E-state index contributed by atoms with van der Waals surface area (Å²) in [5.74, 6) is 2.16. The Bertz CT molecular complexity index is 619. The van der Waals surface area contributed by atoms with Crippen LogP contribution in [0, 0.1) is 6.92 Å². The van der Waals surface area contributed by atoms with E-state index in [4.69, 9.17) is 4.98 Å². The molecule has 0 bridgehead atoms. The Morgan fingerprint density at radius 2 is 1.78 bits per heavy atom. The van der Waals surface area contributed by atoms with Crippen molar-refractivity contribution in [3.63, 3.8) is 0 Å². The van der Waals surface area contributed by atoms with E-state index in [9.17, 15) is 0 Å². The van der Waals surface area contributed by atoms with Crippen molar-refractivity contribution in [2.75, 3.05) is 37.6 Å². The van der Waals surface area contributed by atoms with Gasteiger partial charge in [0.05, 0.1) is 0 Å². The smallest absolute Gasteiger partial charge is 0.132 e. The molecule has 150 valence electrons. The average Bonchev–Trinajstić information content (AvgIpc) is 2.62. The lowest BCUT2D eigenvalue weighted by Gasteiger charge is -2.53. The van der Waals surface area contributed by atoms with E-state index in [1.165, 1.54) is 51.7 Å². The molecule has 5 nitrogen and oxygen atoms in total. The maximum Gasteiger partial charge on any atom is 0.132 e. The lowest BCUT2D eigenvalue weighted by molar-refractivity contribution is -0.0286. The van der Waals surface area contributed by atoms with Gasteiger partial charge in [-0.15, -0.1) is 0 Å². The van der Waals surface area contributed by atoms with E-state index in [1.807, 2.05) is 0 Å². The molecule has 0 aromatic carbocycles. The topological polar surface area (TPSA) is 35.5 Å². The first-order chi connectivity index (χ1) is 13.1. The van der Waals surface area contributed by atoms with Gasteiger partial charge in [0.1, 0.15) is 11.6 Å². The van der Waals surface area contributed by atoms with Crippen molar-refractivity contribution in [2.24, 2.45) is 0 Å². The van der Waals surface area contributed by atoms with Crippen LogP contribution in [0.3, 0.4) is 0 Å². The summed E-state index contributed by atoms with van der Waals surface area (Å²) in [4.78, 5) is 17.4. The number of aromatic nitrogens is 2. The molecule has 5 heteroatoms. The van der Waals surface area contributed by atoms with Crippen LogP contribution in [0.25, 0.3) is 0 Å². The maximum atomic E-state index is 4.83. The van der Waals surface area contributed by atoms with Crippen molar-refractivity contribution in [1.29, 1.82) is 0 Å². The Kier molecular flexibility index (Phi) is 5.98. The molecule has 0 unspecified atom stereocenters. The Balaban J connectivity index is 1.28. The highest BCUT2D eigenvalue weighted by Crippen LogP contribution is 2.29. The highest BCUT2D eigenvalue weighted by Gasteiger charge is 2.39. The molecule has 0 amide bonds. The molecule has 3 fully saturated rings. The maximum absolute atomic E-state index is 4.83. The van der Waals surface area contributed by atoms with Crippen molar-refractivity contribution in [3.05, 3.63) is 17.6 Å². The second kappa shape index (κ2) is 8.44. The summed E-state index contributed by atoms with van der Waals surface area (Å²) >= 11 is 0. The van der Waals surface area contributed by atoms with Crippen LogP contribution in [0.4, 0.5) is 5.82 Å². The Labute approximate surface area is 165 Å². The van der Waals surface area contributed by atoms with Crippen molar-refractivity contribution < 1.29 is 0 Å². The van der Waals surface area contributed by atoms with Crippen LogP contribution >= 0.6 is 0 Å². The number of likely N-dealkylation sites (tertiary alicyclic amines) is 2. The summed E-state index contributed by atoms with van der Waals surface area (Å²) in [5.41, 5.74) is 1.10. The zero-order valence-corrected chi connectivity index (χ0v) is 17.5. The van der Waals surface area contributed by atoms with E-state index in [1.54, 1.807) is 0 Å². The quantitative estimate of drug-likeness (QED) is 0.794. The highest BCUT2D eigenvalue weighted by molar-refractivity contribution is 5.40. The van der Waals surface area contributed by atoms with Crippen molar-refractivity contribution >= 4 is 5.82 Å². The molecule has 3 saturated heterocycles. The van der Waals surface area contributed by atoms with Crippen LogP contribution in [-0.2, 0) is 6.42 Å². The minimum Gasteiger partial charge on any atom is -0.356 e. The van der Waals surface area contributed by atoms with Gasteiger partial charge in [0.2, 0.25) is 0 Å². The molecule has 1 aromatic rings. The van der Waals surface area contributed by atoms with E-state index < -0.39 is 0 Å². The van der Waals surface area contributed by atoms with Gasteiger partial charge in [-0.25, -0.2) is 9.97 Å². The SMILES string of the molecule is CCCc1nc(C)cc(N2CCC(N3CC(N4CCCC[C@@H]4C)C3)CC2)n1. The molecule has 1 atom stereocenters. The lowest BCUT2D eigenvalue weighted by Crippen LogP contribution is -2.65. The Hall–Kier alpha value is -1.20. The Morgan fingerprint density at radius 1 is 1.00 bits per heavy atom. The van der Waals surface area contributed by atoms with Gasteiger partial charge in [-0.2, -0.15) is 0 Å². The van der Waals surface area contributed by atoms with Crippen molar-refractivity contribution in [1.82, 2.24) is 19.8 Å². The van der Waals surface area contributed by atoms with Gasteiger partial charge < -0.3 is 4.90 Å². The van der Waals surface area contributed by atoms with E-state index >= 15 is 0 Å². The Morgan fingerprint density at radius 3 is 2.48 bits per heavy atom. The molecular formula is C22H37N5. The van der Waals surface area contributed by atoms with Gasteiger partial charge in [-0.05, 0) is 52.5 Å². The summed E-state index contributed by atoms with van der Waals surface area (Å²) in [6, 6.07) is 4.55. The van der Waals surface area contributed by atoms with Crippen LogP contribution < -0.4 is 4.90 Å². The van der Waals surface area contributed by atoms with Gasteiger partial charge in [0.25, 0.3) is 0 Å². The molecule has 0 radical (unpaired) electrons. The summed E-state index contributed by atoms with van der Waals surface area (Å²) in [6.07, 6.45) is 8.86. The van der Waals surface area contributed by atoms with Gasteiger partial charge in [-0.3, -0.25) is 9.80 Å². The predicted molar refractivity (Wildman–Crippen MR) is 111 cm³/mol. The minimum absolute atomic E-state index is 0.774. The first-order valence-corrected chi connectivity index (χ1v) is 11.2. The number of hydrogen-bond acceptors (Lipinski definition) is 5. The van der Waals surface area contributed by atoms with Crippen LogP contribution in [0.5, 0.6) is 0 Å². The molecule has 3 aliphatic rings. The van der Waals surface area contributed by atoms with Gasteiger partial charge in [0, 0.05) is 62.5 Å². The average molecular weight is 372 g/mol. The predicted octanol–water partition coefficient (Wildman–Crippen LogP) is 3.26. The summed E-state index contributed by atoms with van der Waals surface area (Å²) < 4.78 is 0. The normalized spacial score (nSPS) is 26.3. The number of hydrogen-bond donors (Lipinski definition) is 0. The standard InChI is InChI=1S/C22H37N5/c1-4-7-21-23-17(2)14-22(24-21)25-12-9-19(10-13-25)26-15-20(16-26)27-11-6-5-8-18(27)3/h14,18-20H,4-13,15-16H2,1-3H3/t18-/m0/s1. The first-order valence-electron chi connectivity index (χ1n) is 11.2. The molecule has 4 rings (SSSR count). The first kappa shape index (κ1) is 19.1. The molecule has 3 aliphatic heterocycles. The lowest BCUT2D eigenvalue weighted by atomic mass is 9.93. The second-order valence-electron chi connectivity index (χ2n) is 8.94. The number of anilines is 1. The zero-order chi connectivity index (χ0) is 18.8. The van der Waals surface area contributed by atoms with E-state index in [0.717, 1.165) is 61.4 Å². The molecule has 1 aromatic heterocycles. The molecule has 27 heavy (non-hydrogen) atoms. The third kappa shape index (κ3) is 4.29. The fraction of sp³-hybridized carbons (Fsp3) is 0.818. The van der Waals surface area contributed by atoms with Gasteiger partial charge in [0.15, 0.2) is 0 Å². The molecule has 0 N–H and O–H groups in total. The second-order valence-corrected chi connectivity index (χ2v) is 8.94. The number of piperidine rings is 2. The van der Waals surface area contributed by atoms with Crippen LogP contribution in [0.15, 0.2) is 6.07 Å². The van der Waals surface area contributed by atoms with Crippen LogP contribution in [-0.4, -0.2) is 70.6 Å². The fourth-order valence-corrected chi connectivity index (χ4v) is 5.23. The monoisotopic (exact) mass is 371 g/mol. The summed E-state index contributed by atoms with van der Waals surface area (Å²) in [6.45, 7) is 12.9. The summed E-state index contributed by atoms with van der Waals surface area (Å²) in [5, 5.41) is 0. The molecule has 4 heterocycles. The van der Waals surface area contributed by atoms with Gasteiger partial charge in [-0.1, -0.05) is 13.3 Å². The van der Waals surface area contributed by atoms with Crippen LogP contribution in [0.1, 0.15) is 63.9 Å². The third-order valence-corrected chi connectivity index (χ3v) is 6.88. The zero-order valence-electron chi connectivity index (χ0n) is 17.5. The van der Waals surface area contributed by atoms with E-state index in [2.05, 4.69) is 46.5 Å². The number of nitrogens with zero attached hydrogens (tertiary/aromatic N) is 5. The molecule has 0 saturated carbocycles. The van der Waals surface area contributed by atoms with E-state index in [0.29, 0.717) is 0 Å².